The van der Waals surface area contributed by atoms with Gasteiger partial charge in [-0.05, 0) is 79.1 Å². The largest absolute Gasteiger partial charge is 0.507 e. The number of carbonyl (C=O) groups is 2. The highest BCUT2D eigenvalue weighted by molar-refractivity contribution is 6.51. The molecule has 1 heterocycles. The molecule has 1 atom stereocenters. The van der Waals surface area contributed by atoms with E-state index in [9.17, 15) is 14.7 Å². The van der Waals surface area contributed by atoms with Crippen LogP contribution in [0.1, 0.15) is 37.9 Å². The van der Waals surface area contributed by atoms with E-state index in [1.54, 1.807) is 73.8 Å². The number of aliphatic hydroxyl groups is 1. The zero-order chi connectivity index (χ0) is 28.1. The maximum atomic E-state index is 13.5. The summed E-state index contributed by atoms with van der Waals surface area (Å²) in [7, 11) is 3.09. The quantitative estimate of drug-likeness (QED) is 0.202. The Hall–Kier alpha value is -4.46. The molecule has 3 aromatic carbocycles. The summed E-state index contributed by atoms with van der Waals surface area (Å²) in [5, 5.41) is 11.4. The molecule has 204 valence electrons. The van der Waals surface area contributed by atoms with Crippen molar-refractivity contribution in [1.82, 2.24) is 0 Å². The van der Waals surface area contributed by atoms with Crippen molar-refractivity contribution in [3.8, 4) is 23.0 Å². The van der Waals surface area contributed by atoms with Gasteiger partial charge in [-0.25, -0.2) is 0 Å². The molecule has 1 aliphatic rings. The molecule has 0 radical (unpaired) electrons. The summed E-state index contributed by atoms with van der Waals surface area (Å²) in [6.45, 7) is 6.90. The van der Waals surface area contributed by atoms with Gasteiger partial charge >= 0.3 is 0 Å². The number of hydrogen-bond donors (Lipinski definition) is 1. The molecule has 0 saturated carbocycles. The van der Waals surface area contributed by atoms with Crippen LogP contribution in [0, 0.1) is 5.92 Å². The number of carbonyl (C=O) groups excluding carboxylic acids is 2. The Morgan fingerprint density at radius 1 is 0.872 bits per heavy atom. The number of ether oxygens (including phenoxy) is 4. The number of benzene rings is 3. The summed E-state index contributed by atoms with van der Waals surface area (Å²) < 4.78 is 22.2. The average molecular weight is 532 g/mol. The number of methoxy groups -OCH3 is 2. The molecule has 1 N–H and O–H groups in total. The van der Waals surface area contributed by atoms with Crippen molar-refractivity contribution in [3.05, 3.63) is 83.4 Å². The Kier molecular flexibility index (Phi) is 8.44. The van der Waals surface area contributed by atoms with Crippen LogP contribution in [0.3, 0.4) is 0 Å². The fraction of sp³-hybridized carbons (Fsp3) is 0.290. The highest BCUT2D eigenvalue weighted by atomic mass is 16.5. The van der Waals surface area contributed by atoms with E-state index in [4.69, 9.17) is 18.9 Å². The second-order valence-electron chi connectivity index (χ2n) is 9.44. The molecular formula is C31H33NO7. The number of hydrogen-bond acceptors (Lipinski definition) is 7. The van der Waals surface area contributed by atoms with Gasteiger partial charge in [-0.15, -0.1) is 0 Å². The minimum Gasteiger partial charge on any atom is -0.507 e. The van der Waals surface area contributed by atoms with Gasteiger partial charge in [0.25, 0.3) is 11.7 Å². The summed E-state index contributed by atoms with van der Waals surface area (Å²) in [4.78, 5) is 28.3. The molecule has 3 aromatic rings. The zero-order valence-electron chi connectivity index (χ0n) is 22.8. The third-order valence-electron chi connectivity index (χ3n) is 6.31. The van der Waals surface area contributed by atoms with E-state index in [2.05, 4.69) is 13.8 Å². The summed E-state index contributed by atoms with van der Waals surface area (Å²) >= 11 is 0. The number of rotatable bonds is 10. The van der Waals surface area contributed by atoms with Crippen LogP contribution in [0.5, 0.6) is 23.0 Å². The SMILES string of the molecule is CCOc1cc(C2/C(=C(/O)c3ccc(OCC(C)C)cc3)C(=O)C(=O)N2c2ccc(OC)cc2)ccc1OC. The van der Waals surface area contributed by atoms with Crippen molar-refractivity contribution in [2.45, 2.75) is 26.8 Å². The molecule has 0 aromatic heterocycles. The molecule has 1 unspecified atom stereocenters. The van der Waals surface area contributed by atoms with E-state index in [0.717, 1.165) is 0 Å². The molecular weight excluding hydrogens is 498 g/mol. The molecule has 1 saturated heterocycles. The fourth-order valence-electron chi connectivity index (χ4n) is 4.42. The van der Waals surface area contributed by atoms with Crippen molar-refractivity contribution in [3.63, 3.8) is 0 Å². The van der Waals surface area contributed by atoms with Crippen molar-refractivity contribution in [1.29, 1.82) is 0 Å². The molecule has 8 heteroatoms. The minimum atomic E-state index is -0.916. The van der Waals surface area contributed by atoms with Gasteiger partial charge in [-0.3, -0.25) is 14.5 Å². The molecule has 0 aliphatic carbocycles. The third-order valence-corrected chi connectivity index (χ3v) is 6.31. The fourth-order valence-corrected chi connectivity index (χ4v) is 4.42. The Morgan fingerprint density at radius 3 is 2.13 bits per heavy atom. The molecule has 1 aliphatic heterocycles. The summed E-state index contributed by atoms with van der Waals surface area (Å²) in [5.41, 5.74) is 1.42. The lowest BCUT2D eigenvalue weighted by Crippen LogP contribution is -2.29. The van der Waals surface area contributed by atoms with Crippen LogP contribution in [0.15, 0.2) is 72.3 Å². The van der Waals surface area contributed by atoms with Crippen LogP contribution in [-0.4, -0.2) is 44.2 Å². The second-order valence-corrected chi connectivity index (χ2v) is 9.44. The average Bonchev–Trinajstić information content (AvgIpc) is 3.22. The van der Waals surface area contributed by atoms with E-state index in [-0.39, 0.29) is 11.3 Å². The van der Waals surface area contributed by atoms with Gasteiger partial charge in [0.1, 0.15) is 17.3 Å². The molecule has 1 fully saturated rings. The number of Topliss-reactive ketones (excluding diaryl/α,β-unsaturated/α-hetero) is 1. The second kappa shape index (κ2) is 11.9. The normalized spacial score (nSPS) is 16.5. The van der Waals surface area contributed by atoms with Crippen LogP contribution in [0.4, 0.5) is 5.69 Å². The number of ketones is 1. The van der Waals surface area contributed by atoms with Gasteiger partial charge in [-0.1, -0.05) is 19.9 Å². The highest BCUT2D eigenvalue weighted by Gasteiger charge is 2.47. The smallest absolute Gasteiger partial charge is 0.300 e. The van der Waals surface area contributed by atoms with Gasteiger partial charge in [0.15, 0.2) is 11.5 Å². The Bertz CT molecular complexity index is 1360. The van der Waals surface area contributed by atoms with Crippen LogP contribution < -0.4 is 23.8 Å². The summed E-state index contributed by atoms with van der Waals surface area (Å²) in [6, 6.07) is 17.9. The minimum absolute atomic E-state index is 0.0284. The van der Waals surface area contributed by atoms with Crippen LogP contribution in [0.25, 0.3) is 5.76 Å². The van der Waals surface area contributed by atoms with Gasteiger partial charge < -0.3 is 24.1 Å². The topological polar surface area (TPSA) is 94.5 Å². The van der Waals surface area contributed by atoms with Gasteiger partial charge in [0, 0.05) is 11.3 Å². The molecule has 39 heavy (non-hydrogen) atoms. The molecule has 4 rings (SSSR count). The first kappa shape index (κ1) is 27.6. The summed E-state index contributed by atoms with van der Waals surface area (Å²) in [5.74, 6) is 0.765. The van der Waals surface area contributed by atoms with E-state index in [0.29, 0.717) is 58.9 Å². The molecule has 0 bridgehead atoms. The number of nitrogens with zero attached hydrogens (tertiary/aromatic N) is 1. The van der Waals surface area contributed by atoms with Crippen LogP contribution in [0.2, 0.25) is 0 Å². The Labute approximate surface area is 228 Å². The van der Waals surface area contributed by atoms with E-state index < -0.39 is 17.7 Å². The first-order valence-corrected chi connectivity index (χ1v) is 12.8. The summed E-state index contributed by atoms with van der Waals surface area (Å²) in [6.07, 6.45) is 0. The predicted octanol–water partition coefficient (Wildman–Crippen LogP) is 5.76. The van der Waals surface area contributed by atoms with Crippen molar-refractivity contribution >= 4 is 23.1 Å². The lowest BCUT2D eigenvalue weighted by molar-refractivity contribution is -0.132. The van der Waals surface area contributed by atoms with Gasteiger partial charge in [0.05, 0.1) is 39.0 Å². The first-order chi connectivity index (χ1) is 18.8. The Morgan fingerprint density at radius 2 is 1.54 bits per heavy atom. The lowest BCUT2D eigenvalue weighted by Gasteiger charge is -2.26. The zero-order valence-corrected chi connectivity index (χ0v) is 22.8. The molecule has 1 amide bonds. The van der Waals surface area contributed by atoms with E-state index in [1.807, 2.05) is 6.92 Å². The van der Waals surface area contributed by atoms with Crippen molar-refractivity contribution in [2.24, 2.45) is 5.92 Å². The van der Waals surface area contributed by atoms with Crippen LogP contribution >= 0.6 is 0 Å². The monoisotopic (exact) mass is 531 g/mol. The predicted molar refractivity (Wildman–Crippen MR) is 149 cm³/mol. The highest BCUT2D eigenvalue weighted by Crippen LogP contribution is 2.44. The van der Waals surface area contributed by atoms with Crippen LogP contribution in [-0.2, 0) is 9.59 Å². The van der Waals surface area contributed by atoms with E-state index in [1.165, 1.54) is 12.0 Å². The Balaban J connectivity index is 1.85. The van der Waals surface area contributed by atoms with Gasteiger partial charge in [0.2, 0.25) is 0 Å². The first-order valence-electron chi connectivity index (χ1n) is 12.8. The molecule has 8 nitrogen and oxygen atoms in total. The number of amides is 1. The van der Waals surface area contributed by atoms with Crippen molar-refractivity contribution in [2.75, 3.05) is 32.3 Å². The maximum absolute atomic E-state index is 13.5. The number of aliphatic hydroxyl groups excluding tert-OH is 1. The molecule has 0 spiro atoms. The maximum Gasteiger partial charge on any atom is 0.300 e. The third kappa shape index (κ3) is 5.70. The lowest BCUT2D eigenvalue weighted by atomic mass is 9.94. The number of anilines is 1. The van der Waals surface area contributed by atoms with E-state index >= 15 is 0 Å². The van der Waals surface area contributed by atoms with Crippen molar-refractivity contribution < 1.29 is 33.6 Å². The standard InChI is InChI=1S/C31H33NO7/c1-6-38-26-17-21(9-16-25(26)37-5)28-27(29(33)20-7-12-24(13-8-20)39-18-19(2)3)30(34)31(35)32(28)22-10-14-23(36-4)15-11-22/h7-17,19,28,33H,6,18H2,1-5H3/b29-27-. The van der Waals surface area contributed by atoms with Gasteiger partial charge in [-0.2, -0.15) is 0 Å².